The van der Waals surface area contributed by atoms with Gasteiger partial charge in [-0.15, -0.1) is 0 Å². The van der Waals surface area contributed by atoms with Crippen LogP contribution in [0.3, 0.4) is 0 Å². The summed E-state index contributed by atoms with van der Waals surface area (Å²) in [5.74, 6) is -0.212. The molecule has 0 aliphatic carbocycles. The SMILES string of the molecule is CN(C)CCNC(=O)c1ccc(S(=O)(=O)NCCN(C)C)cc1. The molecule has 1 aromatic carbocycles. The molecule has 7 nitrogen and oxygen atoms in total. The van der Waals surface area contributed by atoms with E-state index in [9.17, 15) is 13.2 Å². The first-order chi connectivity index (χ1) is 10.7. The minimum absolute atomic E-state index is 0.154. The fraction of sp³-hybridized carbons (Fsp3) is 0.533. The summed E-state index contributed by atoms with van der Waals surface area (Å²) >= 11 is 0. The normalized spacial score (nSPS) is 11.9. The van der Waals surface area contributed by atoms with Gasteiger partial charge in [0.2, 0.25) is 10.0 Å². The molecule has 0 spiro atoms. The molecule has 23 heavy (non-hydrogen) atoms. The average Bonchev–Trinajstić information content (AvgIpc) is 2.46. The van der Waals surface area contributed by atoms with Gasteiger partial charge in [-0.1, -0.05) is 0 Å². The number of nitrogens with one attached hydrogen (secondary N) is 2. The van der Waals surface area contributed by atoms with E-state index in [0.717, 1.165) is 6.54 Å². The Bertz CT molecular complexity index is 598. The minimum atomic E-state index is -3.54. The first-order valence-electron chi connectivity index (χ1n) is 7.40. The first-order valence-corrected chi connectivity index (χ1v) is 8.88. The summed E-state index contributed by atoms with van der Waals surface area (Å²) < 4.78 is 26.7. The van der Waals surface area contributed by atoms with Gasteiger partial charge < -0.3 is 15.1 Å². The highest BCUT2D eigenvalue weighted by Crippen LogP contribution is 2.10. The van der Waals surface area contributed by atoms with Crippen molar-refractivity contribution in [2.45, 2.75) is 4.90 Å². The molecule has 130 valence electrons. The fourth-order valence-corrected chi connectivity index (χ4v) is 2.79. The van der Waals surface area contributed by atoms with Crippen LogP contribution < -0.4 is 10.0 Å². The Hall–Kier alpha value is -1.48. The van der Waals surface area contributed by atoms with E-state index < -0.39 is 10.0 Å². The third-order valence-electron chi connectivity index (χ3n) is 3.12. The highest BCUT2D eigenvalue weighted by molar-refractivity contribution is 7.89. The van der Waals surface area contributed by atoms with E-state index in [1.54, 1.807) is 0 Å². The van der Waals surface area contributed by atoms with Gasteiger partial charge in [0.1, 0.15) is 0 Å². The van der Waals surface area contributed by atoms with E-state index in [1.807, 2.05) is 38.0 Å². The summed E-state index contributed by atoms with van der Waals surface area (Å²) in [5.41, 5.74) is 0.441. The summed E-state index contributed by atoms with van der Waals surface area (Å²) in [6.07, 6.45) is 0. The Morgan fingerprint density at radius 1 is 0.957 bits per heavy atom. The van der Waals surface area contributed by atoms with Gasteiger partial charge in [-0.05, 0) is 52.5 Å². The predicted molar refractivity (Wildman–Crippen MR) is 91.1 cm³/mol. The summed E-state index contributed by atoms with van der Waals surface area (Å²) in [6.45, 7) is 2.24. The Morgan fingerprint density at radius 2 is 1.48 bits per heavy atom. The van der Waals surface area contributed by atoms with Gasteiger partial charge in [0, 0.05) is 31.7 Å². The predicted octanol–water partition coefficient (Wildman–Crippen LogP) is -0.182. The highest BCUT2D eigenvalue weighted by atomic mass is 32.2. The second kappa shape index (κ2) is 8.97. The molecule has 0 radical (unpaired) electrons. The zero-order valence-electron chi connectivity index (χ0n) is 14.2. The number of benzene rings is 1. The maximum atomic E-state index is 12.1. The molecule has 0 bridgehead atoms. The van der Waals surface area contributed by atoms with Gasteiger partial charge in [0.15, 0.2) is 0 Å². The lowest BCUT2D eigenvalue weighted by atomic mass is 10.2. The van der Waals surface area contributed by atoms with E-state index in [0.29, 0.717) is 25.2 Å². The van der Waals surface area contributed by atoms with Crippen molar-refractivity contribution in [3.05, 3.63) is 29.8 Å². The fourth-order valence-electron chi connectivity index (χ4n) is 1.77. The molecular weight excluding hydrogens is 316 g/mol. The van der Waals surface area contributed by atoms with Gasteiger partial charge in [-0.3, -0.25) is 4.79 Å². The van der Waals surface area contributed by atoms with Gasteiger partial charge in [0.05, 0.1) is 4.90 Å². The molecule has 8 heteroatoms. The van der Waals surface area contributed by atoms with E-state index in [2.05, 4.69) is 10.0 Å². The quantitative estimate of drug-likeness (QED) is 0.650. The van der Waals surface area contributed by atoms with Crippen molar-refractivity contribution in [2.75, 3.05) is 54.4 Å². The molecule has 1 amide bonds. The molecule has 0 atom stereocenters. The number of likely N-dealkylation sites (N-methyl/N-ethyl adjacent to an activating group) is 2. The number of carbonyl (C=O) groups is 1. The number of hydrogen-bond acceptors (Lipinski definition) is 5. The van der Waals surface area contributed by atoms with Crippen molar-refractivity contribution in [1.82, 2.24) is 19.8 Å². The van der Waals surface area contributed by atoms with Gasteiger partial charge >= 0.3 is 0 Å². The number of carbonyl (C=O) groups excluding carboxylic acids is 1. The minimum Gasteiger partial charge on any atom is -0.351 e. The van der Waals surface area contributed by atoms with Crippen molar-refractivity contribution in [3.8, 4) is 0 Å². The van der Waals surface area contributed by atoms with E-state index in [1.165, 1.54) is 24.3 Å². The van der Waals surface area contributed by atoms with Crippen LogP contribution in [0.15, 0.2) is 29.2 Å². The van der Waals surface area contributed by atoms with Crippen LogP contribution in [0.2, 0.25) is 0 Å². The molecule has 0 aromatic heterocycles. The lowest BCUT2D eigenvalue weighted by Crippen LogP contribution is -2.32. The zero-order valence-corrected chi connectivity index (χ0v) is 15.0. The molecule has 0 fully saturated rings. The molecule has 0 aliphatic rings. The molecule has 0 aliphatic heterocycles. The van der Waals surface area contributed by atoms with Crippen LogP contribution in [0.5, 0.6) is 0 Å². The molecule has 0 heterocycles. The van der Waals surface area contributed by atoms with Crippen molar-refractivity contribution < 1.29 is 13.2 Å². The van der Waals surface area contributed by atoms with Crippen LogP contribution in [-0.2, 0) is 10.0 Å². The van der Waals surface area contributed by atoms with Crippen molar-refractivity contribution in [1.29, 1.82) is 0 Å². The van der Waals surface area contributed by atoms with Crippen LogP contribution in [0, 0.1) is 0 Å². The van der Waals surface area contributed by atoms with E-state index >= 15 is 0 Å². The third-order valence-corrected chi connectivity index (χ3v) is 4.60. The summed E-state index contributed by atoms with van der Waals surface area (Å²) in [5, 5.41) is 2.78. The Morgan fingerprint density at radius 3 is 2.00 bits per heavy atom. The number of amides is 1. The van der Waals surface area contributed by atoms with Crippen molar-refractivity contribution in [3.63, 3.8) is 0 Å². The number of rotatable bonds is 9. The summed E-state index contributed by atoms with van der Waals surface area (Å²) in [6, 6.07) is 5.93. The number of hydrogen-bond donors (Lipinski definition) is 2. The second-order valence-electron chi connectivity index (χ2n) is 5.78. The van der Waals surface area contributed by atoms with Gasteiger partial charge in [-0.2, -0.15) is 0 Å². The molecule has 0 saturated heterocycles. The first kappa shape index (κ1) is 19.6. The Kier molecular flexibility index (Phi) is 7.63. The van der Waals surface area contributed by atoms with Crippen molar-refractivity contribution in [2.24, 2.45) is 0 Å². The summed E-state index contributed by atoms with van der Waals surface area (Å²) in [4.78, 5) is 15.9. The lowest BCUT2D eigenvalue weighted by Gasteiger charge is -2.12. The standard InChI is InChI=1S/C15H26N4O3S/c1-18(2)11-9-16-15(20)13-5-7-14(8-6-13)23(21,22)17-10-12-19(3)4/h5-8,17H,9-12H2,1-4H3,(H,16,20). The molecule has 0 saturated carbocycles. The van der Waals surface area contributed by atoms with Crippen LogP contribution in [0.1, 0.15) is 10.4 Å². The van der Waals surface area contributed by atoms with Gasteiger partial charge in [0.25, 0.3) is 5.91 Å². The van der Waals surface area contributed by atoms with Crippen LogP contribution >= 0.6 is 0 Å². The van der Waals surface area contributed by atoms with E-state index in [4.69, 9.17) is 0 Å². The molecule has 1 aromatic rings. The van der Waals surface area contributed by atoms with Crippen LogP contribution in [-0.4, -0.2) is 78.5 Å². The van der Waals surface area contributed by atoms with Gasteiger partial charge in [-0.25, -0.2) is 13.1 Å². The Labute approximate surface area is 138 Å². The summed E-state index contributed by atoms with van der Waals surface area (Å²) in [7, 11) is 4.06. The Balaban J connectivity index is 2.63. The average molecular weight is 342 g/mol. The van der Waals surface area contributed by atoms with Crippen LogP contribution in [0.25, 0.3) is 0 Å². The molecule has 1 rings (SSSR count). The zero-order chi connectivity index (χ0) is 17.5. The second-order valence-corrected chi connectivity index (χ2v) is 7.55. The molecular formula is C15H26N4O3S. The number of nitrogens with zero attached hydrogens (tertiary/aromatic N) is 2. The third kappa shape index (κ3) is 7.08. The number of sulfonamides is 1. The topological polar surface area (TPSA) is 81.8 Å². The molecule has 2 N–H and O–H groups in total. The monoisotopic (exact) mass is 342 g/mol. The largest absolute Gasteiger partial charge is 0.351 e. The maximum absolute atomic E-state index is 12.1. The highest BCUT2D eigenvalue weighted by Gasteiger charge is 2.14. The van der Waals surface area contributed by atoms with E-state index in [-0.39, 0.29) is 10.8 Å². The van der Waals surface area contributed by atoms with Crippen molar-refractivity contribution >= 4 is 15.9 Å². The maximum Gasteiger partial charge on any atom is 0.251 e. The van der Waals surface area contributed by atoms with Crippen LogP contribution in [0.4, 0.5) is 0 Å². The molecule has 0 unspecified atom stereocenters. The smallest absolute Gasteiger partial charge is 0.251 e. The lowest BCUT2D eigenvalue weighted by molar-refractivity contribution is 0.0951.